The van der Waals surface area contributed by atoms with Crippen LogP contribution in [0.4, 0.5) is 17.2 Å². The molecule has 9 nitrogen and oxygen atoms in total. The molecule has 2 aromatic carbocycles. The number of aromatic nitrogens is 1. The maximum Gasteiger partial charge on any atom is 0.207 e. The normalized spacial score (nSPS) is 9.73. The highest BCUT2D eigenvalue weighted by Crippen LogP contribution is 2.36. The van der Waals surface area contributed by atoms with Gasteiger partial charge in [-0.3, -0.25) is 15.5 Å². The zero-order valence-electron chi connectivity index (χ0n) is 19.2. The Balaban J connectivity index is 0.000000257. The third-order valence-corrected chi connectivity index (χ3v) is 4.77. The minimum Gasteiger partial charge on any atom is -0.497 e. The van der Waals surface area contributed by atoms with Gasteiger partial charge in [0, 0.05) is 25.9 Å². The van der Waals surface area contributed by atoms with Crippen molar-refractivity contribution in [3.63, 3.8) is 0 Å². The molecule has 3 N–H and O–H groups in total. The highest BCUT2D eigenvalue weighted by molar-refractivity contribution is 5.75. The van der Waals surface area contributed by atoms with Crippen molar-refractivity contribution in [2.24, 2.45) is 0 Å². The molecule has 0 spiro atoms. The summed E-state index contributed by atoms with van der Waals surface area (Å²) in [7, 11) is 6.68. The summed E-state index contributed by atoms with van der Waals surface area (Å²) >= 11 is 0. The Morgan fingerprint density at radius 1 is 1.00 bits per heavy atom. The number of ether oxygens (including phenoxy) is 3. The molecule has 176 valence electrons. The van der Waals surface area contributed by atoms with Gasteiger partial charge in [0.15, 0.2) is 5.82 Å². The lowest BCUT2D eigenvalue weighted by Crippen LogP contribution is -2.14. The summed E-state index contributed by atoms with van der Waals surface area (Å²) in [4.78, 5) is 16.0. The number of pyridine rings is 1. The van der Waals surface area contributed by atoms with Crippen LogP contribution in [-0.2, 0) is 11.2 Å². The third-order valence-electron chi connectivity index (χ3n) is 4.77. The van der Waals surface area contributed by atoms with Gasteiger partial charge in [-0.25, -0.2) is 4.98 Å². The van der Waals surface area contributed by atoms with Crippen molar-refractivity contribution in [1.29, 1.82) is 0 Å². The van der Waals surface area contributed by atoms with E-state index in [1.54, 1.807) is 45.7 Å². The van der Waals surface area contributed by atoms with E-state index in [1.165, 1.54) is 5.56 Å². The molecule has 1 amide bonds. The van der Waals surface area contributed by atoms with Crippen LogP contribution in [0, 0.1) is 0 Å². The zero-order valence-corrected chi connectivity index (χ0v) is 19.2. The molecule has 0 bridgehead atoms. The van der Waals surface area contributed by atoms with E-state index in [4.69, 9.17) is 19.4 Å². The second-order valence-electron chi connectivity index (χ2n) is 6.75. The number of nitrogens with zero attached hydrogens (tertiary/aromatic N) is 2. The molecule has 0 radical (unpaired) electrons. The molecular weight excluding hydrogens is 424 g/mol. The number of carbonyl (C=O) groups is 1. The fourth-order valence-corrected chi connectivity index (χ4v) is 3.00. The molecule has 0 saturated carbocycles. The topological polar surface area (TPSA) is 105 Å². The van der Waals surface area contributed by atoms with Crippen LogP contribution in [0.5, 0.6) is 17.2 Å². The Hall–Kier alpha value is -3.98. The molecule has 0 fully saturated rings. The predicted molar refractivity (Wildman–Crippen MR) is 128 cm³/mol. The molecule has 9 heteroatoms. The fourth-order valence-electron chi connectivity index (χ4n) is 3.00. The smallest absolute Gasteiger partial charge is 0.207 e. The Bertz CT molecular complexity index is 998. The number of amides is 1. The molecular formula is C24H30N4O5. The van der Waals surface area contributed by atoms with Crippen LogP contribution in [0.15, 0.2) is 60.8 Å². The minimum absolute atomic E-state index is 0.507. The largest absolute Gasteiger partial charge is 0.497 e. The average Bonchev–Trinajstić information content (AvgIpc) is 2.88. The third kappa shape index (κ3) is 7.29. The van der Waals surface area contributed by atoms with Crippen molar-refractivity contribution in [2.75, 3.05) is 45.3 Å². The number of methoxy groups -OCH3 is 3. The van der Waals surface area contributed by atoms with Crippen LogP contribution in [0.1, 0.15) is 5.56 Å². The maximum atomic E-state index is 9.96. The van der Waals surface area contributed by atoms with E-state index in [9.17, 15) is 4.79 Å². The molecule has 0 aliphatic carbocycles. The SMILES string of the molecule is COc1ccc(CCNC=O)cc1.COc1ccc(N(C)c2ncccc2NO)c(OC)c1. The molecule has 0 atom stereocenters. The van der Waals surface area contributed by atoms with Gasteiger partial charge in [0.1, 0.15) is 22.9 Å². The van der Waals surface area contributed by atoms with Crippen molar-refractivity contribution in [3.05, 3.63) is 66.4 Å². The van der Waals surface area contributed by atoms with Crippen LogP contribution in [0.2, 0.25) is 0 Å². The van der Waals surface area contributed by atoms with Gasteiger partial charge in [0.2, 0.25) is 6.41 Å². The standard InChI is InChI=1S/C14H17N3O3.C10H13NO2/c1-17(14-11(16-18)5-4-8-15-14)12-7-6-10(19-2)9-13(12)20-3;1-13-10-4-2-9(3-5-10)6-7-11-8-12/h4-9,16,18H,1-3H3;2-5,8H,6-7H2,1H3,(H,11,12). The molecule has 3 aromatic rings. The first kappa shape index (κ1) is 25.3. The van der Waals surface area contributed by atoms with Crippen molar-refractivity contribution < 1.29 is 24.2 Å². The van der Waals surface area contributed by atoms with E-state index in [0.29, 0.717) is 36.0 Å². The number of anilines is 3. The number of hydrogen-bond donors (Lipinski definition) is 3. The molecule has 0 aliphatic heterocycles. The first-order valence-electron chi connectivity index (χ1n) is 10.2. The van der Waals surface area contributed by atoms with E-state index >= 15 is 0 Å². The van der Waals surface area contributed by atoms with Crippen LogP contribution in [0.3, 0.4) is 0 Å². The molecule has 1 heterocycles. The van der Waals surface area contributed by atoms with E-state index in [1.807, 2.05) is 48.3 Å². The summed E-state index contributed by atoms with van der Waals surface area (Å²) in [6.07, 6.45) is 3.22. The Kier molecular flexibility index (Phi) is 10.3. The predicted octanol–water partition coefficient (Wildman–Crippen LogP) is 3.65. The highest BCUT2D eigenvalue weighted by atomic mass is 16.5. The summed E-state index contributed by atoms with van der Waals surface area (Å²) in [5.74, 6) is 2.80. The summed E-state index contributed by atoms with van der Waals surface area (Å²) in [5, 5.41) is 11.8. The number of benzene rings is 2. The fraction of sp³-hybridized carbons (Fsp3) is 0.250. The molecule has 33 heavy (non-hydrogen) atoms. The first-order valence-corrected chi connectivity index (χ1v) is 10.2. The van der Waals surface area contributed by atoms with Crippen LogP contribution in [-0.4, -0.2) is 51.5 Å². The van der Waals surface area contributed by atoms with Gasteiger partial charge in [-0.2, -0.15) is 0 Å². The Labute approximate surface area is 193 Å². The number of rotatable bonds is 10. The van der Waals surface area contributed by atoms with Gasteiger partial charge in [-0.1, -0.05) is 12.1 Å². The Morgan fingerprint density at radius 3 is 2.30 bits per heavy atom. The second-order valence-corrected chi connectivity index (χ2v) is 6.75. The van der Waals surface area contributed by atoms with Gasteiger partial charge in [0.05, 0.1) is 27.0 Å². The van der Waals surface area contributed by atoms with Gasteiger partial charge < -0.3 is 24.4 Å². The average molecular weight is 455 g/mol. The monoisotopic (exact) mass is 454 g/mol. The molecule has 0 aliphatic rings. The van der Waals surface area contributed by atoms with Crippen molar-refractivity contribution in [3.8, 4) is 17.2 Å². The van der Waals surface area contributed by atoms with E-state index < -0.39 is 0 Å². The van der Waals surface area contributed by atoms with Gasteiger partial charge >= 0.3 is 0 Å². The number of nitrogens with one attached hydrogen (secondary N) is 2. The quantitative estimate of drug-likeness (QED) is 0.242. The molecule has 3 rings (SSSR count). The van der Waals surface area contributed by atoms with E-state index in [-0.39, 0.29) is 0 Å². The van der Waals surface area contributed by atoms with E-state index in [0.717, 1.165) is 17.9 Å². The summed E-state index contributed by atoms with van der Waals surface area (Å²) in [5.41, 5.74) is 4.64. The zero-order chi connectivity index (χ0) is 24.1. The summed E-state index contributed by atoms with van der Waals surface area (Å²) in [6.45, 7) is 0.676. The van der Waals surface area contributed by atoms with Crippen LogP contribution in [0.25, 0.3) is 0 Å². The van der Waals surface area contributed by atoms with E-state index in [2.05, 4.69) is 15.8 Å². The van der Waals surface area contributed by atoms with Gasteiger partial charge in [-0.05, 0) is 48.4 Å². The van der Waals surface area contributed by atoms with Gasteiger partial charge in [-0.15, -0.1) is 0 Å². The summed E-state index contributed by atoms with van der Waals surface area (Å²) in [6, 6.07) is 16.8. The van der Waals surface area contributed by atoms with Crippen molar-refractivity contribution in [2.45, 2.75) is 6.42 Å². The highest BCUT2D eigenvalue weighted by Gasteiger charge is 2.15. The Morgan fingerprint density at radius 2 is 1.70 bits per heavy atom. The first-order chi connectivity index (χ1) is 16.1. The lowest BCUT2D eigenvalue weighted by Gasteiger charge is -2.23. The minimum atomic E-state index is 0.507. The van der Waals surface area contributed by atoms with Gasteiger partial charge in [0.25, 0.3) is 0 Å². The molecule has 0 saturated heterocycles. The molecule has 1 aromatic heterocycles. The lowest BCUT2D eigenvalue weighted by atomic mass is 10.1. The molecule has 0 unspecified atom stereocenters. The number of hydrogen-bond acceptors (Lipinski definition) is 8. The van der Waals surface area contributed by atoms with Crippen LogP contribution < -0.4 is 29.9 Å². The lowest BCUT2D eigenvalue weighted by molar-refractivity contribution is -0.109. The van der Waals surface area contributed by atoms with Crippen molar-refractivity contribution >= 4 is 23.6 Å². The second kappa shape index (κ2) is 13.4. The van der Waals surface area contributed by atoms with Crippen LogP contribution >= 0.6 is 0 Å². The van der Waals surface area contributed by atoms with Crippen molar-refractivity contribution in [1.82, 2.24) is 10.3 Å². The summed E-state index contributed by atoms with van der Waals surface area (Å²) < 4.78 is 15.6. The number of carbonyl (C=O) groups excluding carboxylic acids is 1. The maximum absolute atomic E-state index is 9.96.